The molecule has 0 aromatic rings. The van der Waals surface area contributed by atoms with Gasteiger partial charge in [-0.2, -0.15) is 0 Å². The second-order valence-corrected chi connectivity index (χ2v) is 4.19. The minimum atomic E-state index is -0.207. The summed E-state index contributed by atoms with van der Waals surface area (Å²) in [4.78, 5) is 2.18. The molecule has 0 heterocycles. The van der Waals surface area contributed by atoms with E-state index in [9.17, 15) is 0 Å². The number of nitrogens with zero attached hydrogens (tertiary/aromatic N) is 1. The van der Waals surface area contributed by atoms with Crippen molar-refractivity contribution in [3.63, 3.8) is 0 Å². The Morgan fingerprint density at radius 2 is 2.23 bits per heavy atom. The van der Waals surface area contributed by atoms with Crippen LogP contribution in [0.4, 0.5) is 0 Å². The van der Waals surface area contributed by atoms with Crippen LogP contribution in [-0.2, 0) is 0 Å². The lowest BCUT2D eigenvalue weighted by Crippen LogP contribution is -2.30. The molecule has 0 aromatic carbocycles. The number of rotatable bonds is 7. The molecule has 3 nitrogen and oxygen atoms in total. The quantitative estimate of drug-likeness (QED) is 0.566. The van der Waals surface area contributed by atoms with E-state index in [1.807, 2.05) is 6.92 Å². The molecule has 1 aliphatic rings. The van der Waals surface area contributed by atoms with Crippen LogP contribution in [0, 0.1) is 0 Å². The van der Waals surface area contributed by atoms with Gasteiger partial charge in [0, 0.05) is 12.6 Å². The summed E-state index contributed by atoms with van der Waals surface area (Å²) in [5.74, 6) is 0. The molecule has 0 saturated heterocycles. The van der Waals surface area contributed by atoms with E-state index < -0.39 is 0 Å². The average Bonchev–Trinajstić information content (AvgIpc) is 2.80. The van der Waals surface area contributed by atoms with Crippen molar-refractivity contribution in [2.24, 2.45) is 0 Å². The average molecular weight is 186 g/mol. The number of aliphatic hydroxyl groups excluding tert-OH is 1. The van der Waals surface area contributed by atoms with Crippen molar-refractivity contribution in [2.45, 2.75) is 38.3 Å². The van der Waals surface area contributed by atoms with Crippen LogP contribution in [0.5, 0.6) is 0 Å². The number of hydrogen-bond donors (Lipinski definition) is 2. The fourth-order valence-corrected chi connectivity index (χ4v) is 1.48. The van der Waals surface area contributed by atoms with Gasteiger partial charge in [-0.25, -0.2) is 0 Å². The van der Waals surface area contributed by atoms with Gasteiger partial charge in [0.2, 0.25) is 0 Å². The van der Waals surface area contributed by atoms with Crippen LogP contribution >= 0.6 is 0 Å². The number of likely N-dealkylation sites (N-methyl/N-ethyl adjacent to an activating group) is 1. The lowest BCUT2D eigenvalue weighted by atomic mass is 10.3. The zero-order valence-corrected chi connectivity index (χ0v) is 8.79. The maximum absolute atomic E-state index is 9.12. The zero-order chi connectivity index (χ0) is 9.68. The standard InChI is InChI=1S/C10H22N2O/c1-9(13)8-12(2)7-3-6-11-10-4-5-10/h9-11,13H,3-8H2,1-2H3. The fraction of sp³-hybridized carbons (Fsp3) is 1.00. The van der Waals surface area contributed by atoms with Gasteiger partial charge in [0.25, 0.3) is 0 Å². The third kappa shape index (κ3) is 6.02. The number of nitrogens with one attached hydrogen (secondary N) is 1. The summed E-state index contributed by atoms with van der Waals surface area (Å²) in [6, 6.07) is 0.821. The van der Waals surface area contributed by atoms with Gasteiger partial charge in [0.15, 0.2) is 0 Å². The Bertz CT molecular complexity index is 135. The van der Waals surface area contributed by atoms with Gasteiger partial charge in [-0.1, -0.05) is 0 Å². The van der Waals surface area contributed by atoms with Gasteiger partial charge >= 0.3 is 0 Å². The molecule has 1 fully saturated rings. The van der Waals surface area contributed by atoms with Crippen molar-refractivity contribution >= 4 is 0 Å². The first-order valence-corrected chi connectivity index (χ1v) is 5.28. The second kappa shape index (κ2) is 5.58. The topological polar surface area (TPSA) is 35.5 Å². The van der Waals surface area contributed by atoms with E-state index in [2.05, 4.69) is 17.3 Å². The molecule has 1 rings (SSSR count). The summed E-state index contributed by atoms with van der Waals surface area (Å²) >= 11 is 0. The molecule has 0 radical (unpaired) electrons. The SMILES string of the molecule is CC(O)CN(C)CCCNC1CC1. The molecule has 2 N–H and O–H groups in total. The molecular formula is C10H22N2O. The predicted octanol–water partition coefficient (Wildman–Crippen LogP) is 0.441. The highest BCUT2D eigenvalue weighted by Crippen LogP contribution is 2.18. The van der Waals surface area contributed by atoms with Crippen LogP contribution in [0.1, 0.15) is 26.2 Å². The molecule has 1 unspecified atom stereocenters. The molecule has 0 aliphatic heterocycles. The molecule has 3 heteroatoms. The highest BCUT2D eigenvalue weighted by atomic mass is 16.3. The first-order valence-electron chi connectivity index (χ1n) is 5.28. The van der Waals surface area contributed by atoms with Crippen LogP contribution in [0.15, 0.2) is 0 Å². The normalized spacial score (nSPS) is 19.4. The molecule has 1 atom stereocenters. The van der Waals surface area contributed by atoms with Gasteiger partial charge < -0.3 is 15.3 Å². The Morgan fingerprint density at radius 3 is 2.77 bits per heavy atom. The van der Waals surface area contributed by atoms with Crippen LogP contribution < -0.4 is 5.32 Å². The van der Waals surface area contributed by atoms with Crippen LogP contribution in [0.3, 0.4) is 0 Å². The van der Waals surface area contributed by atoms with Crippen molar-refractivity contribution < 1.29 is 5.11 Å². The van der Waals surface area contributed by atoms with Crippen molar-refractivity contribution in [2.75, 3.05) is 26.7 Å². The van der Waals surface area contributed by atoms with Crippen LogP contribution in [0.25, 0.3) is 0 Å². The third-order valence-electron chi connectivity index (χ3n) is 2.30. The van der Waals surface area contributed by atoms with Crippen molar-refractivity contribution in [3.05, 3.63) is 0 Å². The zero-order valence-electron chi connectivity index (χ0n) is 8.79. The van der Waals surface area contributed by atoms with Gasteiger partial charge in [0.1, 0.15) is 0 Å². The predicted molar refractivity (Wildman–Crippen MR) is 54.8 cm³/mol. The van der Waals surface area contributed by atoms with E-state index in [0.717, 1.165) is 25.7 Å². The summed E-state index contributed by atoms with van der Waals surface area (Å²) in [5.41, 5.74) is 0. The first-order chi connectivity index (χ1) is 6.18. The van der Waals surface area contributed by atoms with E-state index in [1.165, 1.54) is 19.3 Å². The molecule has 1 saturated carbocycles. The molecule has 0 spiro atoms. The summed E-state index contributed by atoms with van der Waals surface area (Å²) in [6.45, 7) is 4.81. The van der Waals surface area contributed by atoms with E-state index >= 15 is 0 Å². The van der Waals surface area contributed by atoms with Gasteiger partial charge in [-0.05, 0) is 46.3 Å². The monoisotopic (exact) mass is 186 g/mol. The van der Waals surface area contributed by atoms with Crippen LogP contribution in [0.2, 0.25) is 0 Å². The Labute approximate surface area is 81.1 Å². The van der Waals surface area contributed by atoms with Gasteiger partial charge in [-0.15, -0.1) is 0 Å². The van der Waals surface area contributed by atoms with Gasteiger partial charge in [-0.3, -0.25) is 0 Å². The molecule has 13 heavy (non-hydrogen) atoms. The molecule has 1 aliphatic carbocycles. The maximum Gasteiger partial charge on any atom is 0.0638 e. The van der Waals surface area contributed by atoms with Gasteiger partial charge in [0.05, 0.1) is 6.10 Å². The lowest BCUT2D eigenvalue weighted by molar-refractivity contribution is 0.141. The smallest absolute Gasteiger partial charge is 0.0638 e. The summed E-state index contributed by atoms with van der Waals surface area (Å²) in [5, 5.41) is 12.6. The molecule has 0 bridgehead atoms. The Morgan fingerprint density at radius 1 is 1.54 bits per heavy atom. The minimum absolute atomic E-state index is 0.207. The molecule has 78 valence electrons. The second-order valence-electron chi connectivity index (χ2n) is 4.19. The first kappa shape index (κ1) is 11.0. The highest BCUT2D eigenvalue weighted by Gasteiger charge is 2.19. The van der Waals surface area contributed by atoms with E-state index in [4.69, 9.17) is 5.11 Å². The van der Waals surface area contributed by atoms with Crippen molar-refractivity contribution in [1.82, 2.24) is 10.2 Å². The Balaban J connectivity index is 1.85. The maximum atomic E-state index is 9.12. The van der Waals surface area contributed by atoms with Crippen molar-refractivity contribution in [3.8, 4) is 0 Å². The fourth-order valence-electron chi connectivity index (χ4n) is 1.48. The largest absolute Gasteiger partial charge is 0.392 e. The third-order valence-corrected chi connectivity index (χ3v) is 2.30. The number of aliphatic hydroxyl groups is 1. The van der Waals surface area contributed by atoms with E-state index in [-0.39, 0.29) is 6.10 Å². The van der Waals surface area contributed by atoms with E-state index in [1.54, 1.807) is 0 Å². The Hall–Kier alpha value is -0.120. The summed E-state index contributed by atoms with van der Waals surface area (Å²) in [6.07, 6.45) is 3.70. The van der Waals surface area contributed by atoms with Crippen molar-refractivity contribution in [1.29, 1.82) is 0 Å². The van der Waals surface area contributed by atoms with E-state index in [0.29, 0.717) is 0 Å². The lowest BCUT2D eigenvalue weighted by Gasteiger charge is -2.18. The molecule has 0 amide bonds. The summed E-state index contributed by atoms with van der Waals surface area (Å²) < 4.78 is 0. The summed E-state index contributed by atoms with van der Waals surface area (Å²) in [7, 11) is 2.06. The number of hydrogen-bond acceptors (Lipinski definition) is 3. The Kier molecular flexibility index (Phi) is 4.70. The highest BCUT2D eigenvalue weighted by molar-refractivity contribution is 4.80. The molecule has 0 aromatic heterocycles. The minimum Gasteiger partial charge on any atom is -0.392 e. The molecular weight excluding hydrogens is 164 g/mol. The van der Waals surface area contributed by atoms with Crippen LogP contribution in [-0.4, -0.2) is 48.8 Å².